The van der Waals surface area contributed by atoms with Crippen molar-refractivity contribution in [2.45, 2.75) is 26.4 Å². The summed E-state index contributed by atoms with van der Waals surface area (Å²) in [6.45, 7) is 6.52. The Morgan fingerprint density at radius 2 is 2.12 bits per heavy atom. The van der Waals surface area contributed by atoms with Crippen LogP contribution < -0.4 is 5.32 Å². The number of nitrogens with one attached hydrogen (secondary N) is 1. The molecule has 1 heterocycles. The fraction of sp³-hybridized carbons (Fsp3) is 0.667. The first-order valence-corrected chi connectivity index (χ1v) is 6.83. The summed E-state index contributed by atoms with van der Waals surface area (Å²) < 4.78 is 0.873. The van der Waals surface area contributed by atoms with E-state index >= 15 is 0 Å². The highest BCUT2D eigenvalue weighted by atomic mass is 35.5. The molecule has 1 N–H and O–H groups in total. The van der Waals surface area contributed by atoms with Crippen molar-refractivity contribution in [2.24, 2.45) is 5.92 Å². The maximum Gasteiger partial charge on any atom is 0.0931 e. The molecule has 0 spiro atoms. The van der Waals surface area contributed by atoms with Gasteiger partial charge in [-0.15, -0.1) is 11.3 Å². The highest BCUT2D eigenvalue weighted by molar-refractivity contribution is 7.16. The van der Waals surface area contributed by atoms with E-state index in [9.17, 15) is 0 Å². The van der Waals surface area contributed by atoms with Gasteiger partial charge in [-0.2, -0.15) is 0 Å². The molecule has 16 heavy (non-hydrogen) atoms. The van der Waals surface area contributed by atoms with Crippen molar-refractivity contribution in [3.63, 3.8) is 0 Å². The summed E-state index contributed by atoms with van der Waals surface area (Å²) in [4.78, 5) is 3.72. The van der Waals surface area contributed by atoms with Gasteiger partial charge in [0.25, 0.3) is 0 Å². The Kier molecular flexibility index (Phi) is 5.76. The second-order valence-corrected chi connectivity index (χ2v) is 6.29. The molecule has 4 heteroatoms. The van der Waals surface area contributed by atoms with Gasteiger partial charge in [0.2, 0.25) is 0 Å². The van der Waals surface area contributed by atoms with Crippen LogP contribution in [0.1, 0.15) is 18.7 Å². The minimum atomic E-state index is 0.561. The van der Waals surface area contributed by atoms with E-state index in [-0.39, 0.29) is 0 Å². The Morgan fingerprint density at radius 1 is 1.44 bits per heavy atom. The molecule has 0 aromatic carbocycles. The van der Waals surface area contributed by atoms with Crippen LogP contribution in [0.2, 0.25) is 4.34 Å². The van der Waals surface area contributed by atoms with Crippen molar-refractivity contribution in [2.75, 3.05) is 20.6 Å². The molecule has 0 fully saturated rings. The van der Waals surface area contributed by atoms with Crippen LogP contribution in [0.4, 0.5) is 0 Å². The molecule has 0 bridgehead atoms. The monoisotopic (exact) mass is 260 g/mol. The van der Waals surface area contributed by atoms with Gasteiger partial charge in [-0.3, -0.25) is 4.90 Å². The third kappa shape index (κ3) is 4.06. The van der Waals surface area contributed by atoms with Crippen LogP contribution in [0.5, 0.6) is 0 Å². The Bertz CT molecular complexity index is 312. The molecule has 1 aromatic heterocycles. The average molecular weight is 261 g/mol. The minimum Gasteiger partial charge on any atom is -0.318 e. The first-order valence-electron chi connectivity index (χ1n) is 5.63. The van der Waals surface area contributed by atoms with Gasteiger partial charge in [0.05, 0.1) is 4.34 Å². The lowest BCUT2D eigenvalue weighted by Gasteiger charge is -2.30. The second-order valence-electron chi connectivity index (χ2n) is 4.49. The molecule has 0 radical (unpaired) electrons. The molecule has 1 unspecified atom stereocenters. The third-order valence-electron chi connectivity index (χ3n) is 2.78. The third-order valence-corrected chi connectivity index (χ3v) is 4.00. The number of likely N-dealkylation sites (N-methyl/N-ethyl adjacent to an activating group) is 2. The predicted molar refractivity (Wildman–Crippen MR) is 73.3 cm³/mol. The molecule has 92 valence electrons. The van der Waals surface area contributed by atoms with E-state index in [2.05, 4.69) is 37.2 Å². The summed E-state index contributed by atoms with van der Waals surface area (Å²) in [7, 11) is 4.18. The van der Waals surface area contributed by atoms with Gasteiger partial charge >= 0.3 is 0 Å². The smallest absolute Gasteiger partial charge is 0.0931 e. The van der Waals surface area contributed by atoms with E-state index in [1.165, 1.54) is 4.88 Å². The lowest BCUT2D eigenvalue weighted by atomic mass is 10.0. The maximum absolute atomic E-state index is 5.93. The van der Waals surface area contributed by atoms with E-state index < -0.39 is 0 Å². The van der Waals surface area contributed by atoms with Crippen molar-refractivity contribution in [3.05, 3.63) is 21.3 Å². The van der Waals surface area contributed by atoms with Gasteiger partial charge in [-0.05, 0) is 32.1 Å². The lowest BCUT2D eigenvalue weighted by molar-refractivity contribution is 0.184. The Hall–Kier alpha value is -0.0900. The summed E-state index contributed by atoms with van der Waals surface area (Å²) in [5, 5.41) is 3.26. The standard InChI is InChI=1S/C12H21ClN2S/c1-9(2)11(7-14-3)15(4)8-10-5-6-12(13)16-10/h5-6,9,11,14H,7-8H2,1-4H3. The highest BCUT2D eigenvalue weighted by Crippen LogP contribution is 2.23. The topological polar surface area (TPSA) is 15.3 Å². The van der Waals surface area contributed by atoms with E-state index in [1.54, 1.807) is 11.3 Å². The SMILES string of the molecule is CNCC(C(C)C)N(C)Cc1ccc(Cl)s1. The number of rotatable bonds is 6. The zero-order chi connectivity index (χ0) is 12.1. The van der Waals surface area contributed by atoms with Gasteiger partial charge in [0.1, 0.15) is 0 Å². The molecule has 1 atom stereocenters. The predicted octanol–water partition coefficient (Wildman–Crippen LogP) is 3.08. The van der Waals surface area contributed by atoms with Crippen molar-refractivity contribution in [3.8, 4) is 0 Å². The average Bonchev–Trinajstić information content (AvgIpc) is 2.59. The number of thiophene rings is 1. The molecule has 0 aliphatic carbocycles. The fourth-order valence-corrected chi connectivity index (χ4v) is 3.06. The van der Waals surface area contributed by atoms with Gasteiger partial charge < -0.3 is 5.32 Å². The van der Waals surface area contributed by atoms with Crippen LogP contribution in [0.15, 0.2) is 12.1 Å². The first kappa shape index (κ1) is 14.0. The number of nitrogens with zero attached hydrogens (tertiary/aromatic N) is 1. The van der Waals surface area contributed by atoms with Crippen LogP contribution in [-0.4, -0.2) is 31.6 Å². The zero-order valence-electron chi connectivity index (χ0n) is 10.5. The summed E-state index contributed by atoms with van der Waals surface area (Å²) in [5.41, 5.74) is 0. The summed E-state index contributed by atoms with van der Waals surface area (Å²) >= 11 is 7.60. The van der Waals surface area contributed by atoms with Crippen LogP contribution in [0.25, 0.3) is 0 Å². The van der Waals surface area contributed by atoms with E-state index in [0.717, 1.165) is 17.4 Å². The molecule has 0 saturated carbocycles. The van der Waals surface area contributed by atoms with Gasteiger partial charge in [0.15, 0.2) is 0 Å². The Labute approximate surface area is 108 Å². The van der Waals surface area contributed by atoms with Crippen LogP contribution >= 0.6 is 22.9 Å². The normalized spacial score (nSPS) is 13.7. The fourth-order valence-electron chi connectivity index (χ4n) is 1.91. The molecule has 0 aliphatic heterocycles. The van der Waals surface area contributed by atoms with Crippen molar-refractivity contribution in [1.29, 1.82) is 0 Å². The number of halogens is 1. The second kappa shape index (κ2) is 6.60. The van der Waals surface area contributed by atoms with Crippen LogP contribution in [-0.2, 0) is 6.54 Å². The van der Waals surface area contributed by atoms with Crippen molar-refractivity contribution < 1.29 is 0 Å². The quantitative estimate of drug-likeness (QED) is 0.846. The van der Waals surface area contributed by atoms with Crippen LogP contribution in [0.3, 0.4) is 0 Å². The Morgan fingerprint density at radius 3 is 2.56 bits per heavy atom. The number of hydrogen-bond donors (Lipinski definition) is 1. The zero-order valence-corrected chi connectivity index (χ0v) is 12.0. The van der Waals surface area contributed by atoms with Crippen molar-refractivity contribution >= 4 is 22.9 Å². The van der Waals surface area contributed by atoms with Gasteiger partial charge in [-0.25, -0.2) is 0 Å². The molecule has 2 nitrogen and oxygen atoms in total. The largest absolute Gasteiger partial charge is 0.318 e. The van der Waals surface area contributed by atoms with Gasteiger partial charge in [-0.1, -0.05) is 25.4 Å². The van der Waals surface area contributed by atoms with Crippen LogP contribution in [0, 0.1) is 5.92 Å². The minimum absolute atomic E-state index is 0.561. The van der Waals surface area contributed by atoms with Gasteiger partial charge in [0, 0.05) is 24.0 Å². The van der Waals surface area contributed by atoms with E-state index in [0.29, 0.717) is 12.0 Å². The van der Waals surface area contributed by atoms with E-state index in [4.69, 9.17) is 11.6 Å². The Balaban J connectivity index is 2.57. The highest BCUT2D eigenvalue weighted by Gasteiger charge is 2.18. The van der Waals surface area contributed by atoms with Crippen molar-refractivity contribution in [1.82, 2.24) is 10.2 Å². The summed E-state index contributed by atoms with van der Waals surface area (Å²) in [5.74, 6) is 0.646. The summed E-state index contributed by atoms with van der Waals surface area (Å²) in [6.07, 6.45) is 0. The molecule has 1 rings (SSSR count). The number of hydrogen-bond acceptors (Lipinski definition) is 3. The molecule has 0 aliphatic rings. The summed E-state index contributed by atoms with van der Waals surface area (Å²) in [6, 6.07) is 4.64. The molecule has 0 amide bonds. The first-order chi connectivity index (χ1) is 7.54. The maximum atomic E-state index is 5.93. The lowest BCUT2D eigenvalue weighted by Crippen LogP contribution is -2.42. The molecular weight excluding hydrogens is 240 g/mol. The molecule has 1 aromatic rings. The molecular formula is C12H21ClN2S. The van der Waals surface area contributed by atoms with E-state index in [1.807, 2.05) is 13.1 Å². The molecule has 0 saturated heterocycles.